The molecule has 2 nitrogen and oxygen atoms in total. The van der Waals surface area contributed by atoms with Crippen LogP contribution in [-0.2, 0) is 13.0 Å². The van der Waals surface area contributed by atoms with Gasteiger partial charge in [0.15, 0.2) is 0 Å². The molecule has 2 saturated heterocycles. The smallest absolute Gasteiger partial charge is 0.126 e. The van der Waals surface area contributed by atoms with Crippen molar-refractivity contribution in [2.24, 2.45) is 0 Å². The van der Waals surface area contributed by atoms with Gasteiger partial charge in [0, 0.05) is 25.0 Å². The summed E-state index contributed by atoms with van der Waals surface area (Å²) in [5.41, 5.74) is 2.20. The highest BCUT2D eigenvalue weighted by atomic mass is 19.1. The molecule has 2 aliphatic heterocycles. The number of aliphatic hydroxyl groups is 1. The summed E-state index contributed by atoms with van der Waals surface area (Å²) in [6, 6.07) is 16.8. The third-order valence-corrected chi connectivity index (χ3v) is 6.22. The van der Waals surface area contributed by atoms with Crippen molar-refractivity contribution in [1.29, 1.82) is 0 Å². The van der Waals surface area contributed by atoms with Gasteiger partial charge in [-0.05, 0) is 55.4 Å². The van der Waals surface area contributed by atoms with Crippen LogP contribution in [0, 0.1) is 12.7 Å². The van der Waals surface area contributed by atoms with E-state index in [2.05, 4.69) is 35.2 Å². The van der Waals surface area contributed by atoms with Crippen molar-refractivity contribution in [3.8, 4) is 0 Å². The lowest BCUT2D eigenvalue weighted by Crippen LogP contribution is -2.58. The van der Waals surface area contributed by atoms with Crippen LogP contribution in [-0.4, -0.2) is 27.7 Å². The van der Waals surface area contributed by atoms with Crippen molar-refractivity contribution in [3.05, 3.63) is 71.0 Å². The van der Waals surface area contributed by atoms with Gasteiger partial charge in [-0.2, -0.15) is 0 Å². The van der Waals surface area contributed by atoms with E-state index in [4.69, 9.17) is 0 Å². The monoisotopic (exact) mass is 353 g/mol. The lowest BCUT2D eigenvalue weighted by atomic mass is 9.73. The van der Waals surface area contributed by atoms with Gasteiger partial charge in [0.05, 0.1) is 5.60 Å². The molecule has 4 rings (SSSR count). The first kappa shape index (κ1) is 17.7. The quantitative estimate of drug-likeness (QED) is 0.867. The molecule has 0 aliphatic carbocycles. The van der Waals surface area contributed by atoms with E-state index >= 15 is 0 Å². The topological polar surface area (TPSA) is 23.5 Å². The van der Waals surface area contributed by atoms with Crippen LogP contribution in [0.3, 0.4) is 0 Å². The number of halogens is 1. The Hall–Kier alpha value is -1.71. The predicted octanol–water partition coefficient (Wildman–Crippen LogP) is 4.62. The average molecular weight is 353 g/mol. The highest BCUT2D eigenvalue weighted by Gasteiger charge is 2.45. The Morgan fingerprint density at radius 3 is 2.38 bits per heavy atom. The van der Waals surface area contributed by atoms with Crippen LogP contribution in [0.4, 0.5) is 4.39 Å². The third-order valence-electron chi connectivity index (χ3n) is 6.22. The van der Waals surface area contributed by atoms with E-state index < -0.39 is 5.60 Å². The Balaban J connectivity index is 1.50. The molecule has 0 radical (unpaired) electrons. The third kappa shape index (κ3) is 3.70. The second-order valence-electron chi connectivity index (χ2n) is 8.29. The van der Waals surface area contributed by atoms with Crippen LogP contribution >= 0.6 is 0 Å². The fourth-order valence-electron chi connectivity index (χ4n) is 4.94. The number of piperidine rings is 2. The van der Waals surface area contributed by atoms with Crippen LogP contribution in [0.15, 0.2) is 48.5 Å². The number of fused-ring (bicyclic) bond motifs is 2. The molecule has 0 saturated carbocycles. The fraction of sp³-hybridized carbons (Fsp3) is 0.478. The molecular formula is C23H28FNO. The minimum atomic E-state index is -0.718. The minimum Gasteiger partial charge on any atom is -0.389 e. The molecule has 2 unspecified atom stereocenters. The van der Waals surface area contributed by atoms with Crippen molar-refractivity contribution in [2.45, 2.75) is 69.7 Å². The van der Waals surface area contributed by atoms with Crippen LogP contribution in [0.25, 0.3) is 0 Å². The molecule has 2 fully saturated rings. The summed E-state index contributed by atoms with van der Waals surface area (Å²) in [7, 11) is 0. The van der Waals surface area contributed by atoms with E-state index in [1.165, 1.54) is 12.0 Å². The highest BCUT2D eigenvalue weighted by molar-refractivity contribution is 5.25. The second-order valence-corrected chi connectivity index (χ2v) is 8.29. The first-order valence-electron chi connectivity index (χ1n) is 9.79. The first-order valence-corrected chi connectivity index (χ1v) is 9.79. The predicted molar refractivity (Wildman–Crippen MR) is 102 cm³/mol. The summed E-state index contributed by atoms with van der Waals surface area (Å²) >= 11 is 0. The van der Waals surface area contributed by atoms with Crippen molar-refractivity contribution >= 4 is 0 Å². The molecule has 2 aromatic rings. The van der Waals surface area contributed by atoms with Gasteiger partial charge in [0.1, 0.15) is 5.82 Å². The molecule has 2 heterocycles. The Labute approximate surface area is 155 Å². The summed E-state index contributed by atoms with van der Waals surface area (Å²) in [6.07, 6.45) is 5.66. The van der Waals surface area contributed by atoms with E-state index in [0.717, 1.165) is 37.8 Å². The van der Waals surface area contributed by atoms with Crippen LogP contribution < -0.4 is 0 Å². The van der Waals surface area contributed by atoms with Gasteiger partial charge in [-0.1, -0.05) is 48.9 Å². The summed E-state index contributed by atoms with van der Waals surface area (Å²) in [5.74, 6) is -0.173. The van der Waals surface area contributed by atoms with E-state index in [1.807, 2.05) is 12.1 Å². The number of benzene rings is 2. The zero-order valence-electron chi connectivity index (χ0n) is 15.5. The highest BCUT2D eigenvalue weighted by Crippen LogP contribution is 2.41. The lowest BCUT2D eigenvalue weighted by Gasteiger charge is -2.52. The van der Waals surface area contributed by atoms with Gasteiger partial charge in [0.2, 0.25) is 0 Å². The zero-order chi connectivity index (χ0) is 18.1. The summed E-state index contributed by atoms with van der Waals surface area (Å²) in [6.45, 7) is 2.74. The number of nitrogens with zero attached hydrogens (tertiary/aromatic N) is 1. The second kappa shape index (κ2) is 7.13. The summed E-state index contributed by atoms with van der Waals surface area (Å²) < 4.78 is 13.9. The van der Waals surface area contributed by atoms with Crippen LogP contribution in [0.5, 0.6) is 0 Å². The lowest BCUT2D eigenvalue weighted by molar-refractivity contribution is -0.0946. The van der Waals surface area contributed by atoms with E-state index in [-0.39, 0.29) is 5.82 Å². The SMILES string of the molecule is Cc1ccc(CC2(O)CC3CCCC(C2)N3Cc2ccccc2)cc1F. The molecule has 26 heavy (non-hydrogen) atoms. The Morgan fingerprint density at radius 1 is 1.04 bits per heavy atom. The fourth-order valence-corrected chi connectivity index (χ4v) is 4.94. The normalized spacial score (nSPS) is 28.9. The van der Waals surface area contributed by atoms with Crippen molar-refractivity contribution in [3.63, 3.8) is 0 Å². The molecule has 3 heteroatoms. The van der Waals surface area contributed by atoms with Crippen LogP contribution in [0.1, 0.15) is 48.8 Å². The van der Waals surface area contributed by atoms with E-state index in [9.17, 15) is 9.50 Å². The number of rotatable bonds is 4. The molecular weight excluding hydrogens is 325 g/mol. The molecule has 0 aromatic heterocycles. The number of hydrogen-bond acceptors (Lipinski definition) is 2. The average Bonchev–Trinajstić information content (AvgIpc) is 2.60. The molecule has 2 bridgehead atoms. The minimum absolute atomic E-state index is 0.173. The Bertz CT molecular complexity index is 746. The summed E-state index contributed by atoms with van der Waals surface area (Å²) in [4.78, 5) is 2.60. The molecule has 2 aromatic carbocycles. The summed E-state index contributed by atoms with van der Waals surface area (Å²) in [5, 5.41) is 11.3. The van der Waals surface area contributed by atoms with Crippen molar-refractivity contribution < 1.29 is 9.50 Å². The first-order chi connectivity index (χ1) is 12.5. The Kier molecular flexibility index (Phi) is 4.85. The van der Waals surface area contributed by atoms with Crippen molar-refractivity contribution in [1.82, 2.24) is 4.90 Å². The van der Waals surface area contributed by atoms with Crippen LogP contribution in [0.2, 0.25) is 0 Å². The molecule has 2 aliphatic rings. The van der Waals surface area contributed by atoms with Gasteiger partial charge < -0.3 is 5.11 Å². The van der Waals surface area contributed by atoms with Gasteiger partial charge in [0.25, 0.3) is 0 Å². The van der Waals surface area contributed by atoms with E-state index in [1.54, 1.807) is 13.0 Å². The maximum atomic E-state index is 13.9. The molecule has 0 spiro atoms. The van der Waals surface area contributed by atoms with Crippen molar-refractivity contribution in [2.75, 3.05) is 0 Å². The molecule has 138 valence electrons. The van der Waals surface area contributed by atoms with E-state index in [0.29, 0.717) is 24.1 Å². The van der Waals surface area contributed by atoms with Gasteiger partial charge >= 0.3 is 0 Å². The van der Waals surface area contributed by atoms with Gasteiger partial charge in [-0.3, -0.25) is 4.90 Å². The Morgan fingerprint density at radius 2 is 1.73 bits per heavy atom. The molecule has 2 atom stereocenters. The molecule has 0 amide bonds. The number of aryl methyl sites for hydroxylation is 1. The zero-order valence-corrected chi connectivity index (χ0v) is 15.5. The van der Waals surface area contributed by atoms with Gasteiger partial charge in [-0.15, -0.1) is 0 Å². The maximum Gasteiger partial charge on any atom is 0.126 e. The molecule has 1 N–H and O–H groups in total. The standard InChI is InChI=1S/C23H28FNO/c1-17-10-11-19(12-22(17)24)13-23(26)14-20-8-5-9-21(15-23)25(20)16-18-6-3-2-4-7-18/h2-4,6-7,10-12,20-21,26H,5,8-9,13-16H2,1H3. The largest absolute Gasteiger partial charge is 0.389 e. The number of hydrogen-bond donors (Lipinski definition) is 1. The van der Waals surface area contributed by atoms with Gasteiger partial charge in [-0.25, -0.2) is 4.39 Å². The maximum absolute atomic E-state index is 13.9.